The molecule has 3 rings (SSSR count). The van der Waals surface area contributed by atoms with Crippen LogP contribution in [0, 0.1) is 25.7 Å². The first-order chi connectivity index (χ1) is 13.0. The Morgan fingerprint density at radius 2 is 1.74 bits per heavy atom. The number of aldehydes is 1. The quantitative estimate of drug-likeness (QED) is 0.396. The van der Waals surface area contributed by atoms with E-state index in [2.05, 4.69) is 50.0 Å². The van der Waals surface area contributed by atoms with E-state index in [9.17, 15) is 4.79 Å². The first-order valence-corrected chi connectivity index (χ1v) is 9.31. The normalized spacial score (nSPS) is 11.4. The molecule has 0 spiro atoms. The Kier molecular flexibility index (Phi) is 6.12. The lowest BCUT2D eigenvalue weighted by Crippen LogP contribution is -2.02. The summed E-state index contributed by atoms with van der Waals surface area (Å²) >= 11 is 6.21. The van der Waals surface area contributed by atoms with Crippen molar-refractivity contribution in [2.75, 3.05) is 0 Å². The number of aryl methyl sites for hydroxylation is 2. The van der Waals surface area contributed by atoms with Crippen LogP contribution in [0.1, 0.15) is 44.1 Å². The molecule has 2 heteroatoms. The lowest BCUT2D eigenvalue weighted by molar-refractivity contribution is 0.112. The number of carbonyl (C=O) groups excluding carboxylic acids is 1. The summed E-state index contributed by atoms with van der Waals surface area (Å²) in [7, 11) is 0. The Morgan fingerprint density at radius 1 is 0.963 bits per heavy atom. The predicted octanol–water partition coefficient (Wildman–Crippen LogP) is 6.15. The van der Waals surface area contributed by atoms with E-state index in [-0.39, 0.29) is 5.92 Å². The highest BCUT2D eigenvalue weighted by Crippen LogP contribution is 2.24. The highest BCUT2D eigenvalue weighted by Gasteiger charge is 2.11. The summed E-state index contributed by atoms with van der Waals surface area (Å²) in [6.07, 6.45) is 1.66. The van der Waals surface area contributed by atoms with E-state index in [1.807, 2.05) is 30.3 Å². The van der Waals surface area contributed by atoms with Crippen LogP contribution in [-0.2, 0) is 6.42 Å². The van der Waals surface area contributed by atoms with Crippen LogP contribution in [0.15, 0.2) is 66.7 Å². The van der Waals surface area contributed by atoms with Crippen molar-refractivity contribution in [1.29, 1.82) is 0 Å². The zero-order valence-electron chi connectivity index (χ0n) is 15.5. The molecule has 0 aliphatic heterocycles. The van der Waals surface area contributed by atoms with Crippen LogP contribution in [-0.4, -0.2) is 6.29 Å². The van der Waals surface area contributed by atoms with Gasteiger partial charge in [-0.2, -0.15) is 0 Å². The summed E-state index contributed by atoms with van der Waals surface area (Å²) in [6.45, 7) is 4.25. The molecule has 0 bridgehead atoms. The number of hydrogen-bond acceptors (Lipinski definition) is 1. The molecule has 0 aliphatic rings. The lowest BCUT2D eigenvalue weighted by Gasteiger charge is -2.13. The molecule has 0 aliphatic carbocycles. The molecule has 0 saturated heterocycles. The van der Waals surface area contributed by atoms with Gasteiger partial charge in [0.1, 0.15) is 6.29 Å². The van der Waals surface area contributed by atoms with E-state index < -0.39 is 0 Å². The Hall–Kier alpha value is -2.82. The molecule has 0 heterocycles. The average Bonchev–Trinajstić information content (AvgIpc) is 2.68. The smallest absolute Gasteiger partial charge is 0.150 e. The van der Waals surface area contributed by atoms with E-state index in [1.54, 1.807) is 12.1 Å². The van der Waals surface area contributed by atoms with Gasteiger partial charge in [0.2, 0.25) is 0 Å². The Bertz CT molecular complexity index is 1010. The number of benzene rings is 3. The maximum atomic E-state index is 10.8. The summed E-state index contributed by atoms with van der Waals surface area (Å²) < 4.78 is 0. The molecule has 0 saturated carbocycles. The average molecular weight is 373 g/mol. The third kappa shape index (κ3) is 5.09. The van der Waals surface area contributed by atoms with Gasteiger partial charge in [0.05, 0.1) is 0 Å². The first kappa shape index (κ1) is 19.0. The molecular formula is C25H21ClO. The van der Waals surface area contributed by atoms with Crippen LogP contribution in [0.3, 0.4) is 0 Å². The predicted molar refractivity (Wildman–Crippen MR) is 113 cm³/mol. The van der Waals surface area contributed by atoms with Gasteiger partial charge in [-0.25, -0.2) is 0 Å². The third-order valence-electron chi connectivity index (χ3n) is 4.70. The van der Waals surface area contributed by atoms with Crippen LogP contribution in [0.4, 0.5) is 0 Å². The van der Waals surface area contributed by atoms with Gasteiger partial charge in [0, 0.05) is 22.1 Å². The molecule has 1 nitrogen and oxygen atoms in total. The van der Waals surface area contributed by atoms with E-state index in [1.165, 1.54) is 16.7 Å². The van der Waals surface area contributed by atoms with Crippen molar-refractivity contribution in [3.05, 3.63) is 105 Å². The summed E-state index contributed by atoms with van der Waals surface area (Å²) in [4.78, 5) is 10.8. The number of hydrogen-bond donors (Lipinski definition) is 0. The number of halogens is 1. The maximum absolute atomic E-state index is 10.8. The van der Waals surface area contributed by atoms with Gasteiger partial charge in [-0.3, -0.25) is 4.79 Å². The van der Waals surface area contributed by atoms with Gasteiger partial charge in [-0.1, -0.05) is 65.9 Å². The van der Waals surface area contributed by atoms with Crippen LogP contribution in [0.5, 0.6) is 0 Å². The van der Waals surface area contributed by atoms with Crippen LogP contribution >= 0.6 is 11.6 Å². The fraction of sp³-hybridized carbons (Fsp3) is 0.160. The molecule has 27 heavy (non-hydrogen) atoms. The largest absolute Gasteiger partial charge is 0.298 e. The molecule has 0 aromatic heterocycles. The second-order valence-corrected chi connectivity index (χ2v) is 7.18. The summed E-state index contributed by atoms with van der Waals surface area (Å²) in [6, 6.07) is 21.8. The highest BCUT2D eigenvalue weighted by molar-refractivity contribution is 6.30. The van der Waals surface area contributed by atoms with Gasteiger partial charge in [-0.15, -0.1) is 0 Å². The minimum Gasteiger partial charge on any atom is -0.298 e. The number of carbonyl (C=O) groups is 1. The zero-order chi connectivity index (χ0) is 19.2. The van der Waals surface area contributed by atoms with E-state index in [4.69, 9.17) is 11.6 Å². The second-order valence-electron chi connectivity index (χ2n) is 6.74. The van der Waals surface area contributed by atoms with Crippen molar-refractivity contribution in [2.45, 2.75) is 26.2 Å². The molecule has 0 amide bonds. The Labute approximate surface area is 166 Å². The zero-order valence-corrected chi connectivity index (χ0v) is 16.3. The van der Waals surface area contributed by atoms with Gasteiger partial charge in [-0.05, 0) is 66.8 Å². The van der Waals surface area contributed by atoms with E-state index in [0.29, 0.717) is 5.56 Å². The van der Waals surface area contributed by atoms with Crippen molar-refractivity contribution >= 4 is 17.9 Å². The number of rotatable bonds is 4. The molecule has 3 aromatic rings. The highest BCUT2D eigenvalue weighted by atomic mass is 35.5. The van der Waals surface area contributed by atoms with Crippen LogP contribution in [0.2, 0.25) is 5.02 Å². The van der Waals surface area contributed by atoms with Crippen molar-refractivity contribution < 1.29 is 4.79 Å². The van der Waals surface area contributed by atoms with Gasteiger partial charge in [0.25, 0.3) is 0 Å². The standard InChI is InChI=1S/C25H21ClO/c1-18-6-7-22(14-19(18)2)15-24(23-4-3-5-25(26)16-23)13-12-20-8-10-21(17-27)11-9-20/h3-11,14,16-17,24H,15H2,1-2H3. The molecule has 0 radical (unpaired) electrons. The molecule has 1 unspecified atom stereocenters. The van der Waals surface area contributed by atoms with Crippen molar-refractivity contribution in [1.82, 2.24) is 0 Å². The third-order valence-corrected chi connectivity index (χ3v) is 4.93. The molecular weight excluding hydrogens is 352 g/mol. The lowest BCUT2D eigenvalue weighted by atomic mass is 9.91. The minimum atomic E-state index is 0.0385. The van der Waals surface area contributed by atoms with Crippen molar-refractivity contribution in [3.8, 4) is 11.8 Å². The van der Waals surface area contributed by atoms with Gasteiger partial charge >= 0.3 is 0 Å². The fourth-order valence-corrected chi connectivity index (χ4v) is 3.16. The maximum Gasteiger partial charge on any atom is 0.150 e. The molecule has 0 N–H and O–H groups in total. The van der Waals surface area contributed by atoms with E-state index >= 15 is 0 Å². The Balaban J connectivity index is 1.93. The van der Waals surface area contributed by atoms with Gasteiger partial charge < -0.3 is 0 Å². The first-order valence-electron chi connectivity index (χ1n) is 8.93. The topological polar surface area (TPSA) is 17.1 Å². The SMILES string of the molecule is Cc1ccc(CC(C#Cc2ccc(C=O)cc2)c2cccc(Cl)c2)cc1C. The Morgan fingerprint density at radius 3 is 2.41 bits per heavy atom. The fourth-order valence-electron chi connectivity index (χ4n) is 2.96. The monoisotopic (exact) mass is 372 g/mol. The summed E-state index contributed by atoms with van der Waals surface area (Å²) in [5.74, 6) is 6.69. The minimum absolute atomic E-state index is 0.0385. The molecule has 0 fully saturated rings. The summed E-state index contributed by atoms with van der Waals surface area (Å²) in [5.41, 5.74) is 6.50. The van der Waals surface area contributed by atoms with Crippen LogP contribution < -0.4 is 0 Å². The van der Waals surface area contributed by atoms with Crippen molar-refractivity contribution in [2.24, 2.45) is 0 Å². The van der Waals surface area contributed by atoms with E-state index in [0.717, 1.165) is 28.9 Å². The van der Waals surface area contributed by atoms with Crippen molar-refractivity contribution in [3.63, 3.8) is 0 Å². The summed E-state index contributed by atoms with van der Waals surface area (Å²) in [5, 5.41) is 0.717. The molecule has 3 aromatic carbocycles. The molecule has 1 atom stereocenters. The van der Waals surface area contributed by atoms with Gasteiger partial charge in [0.15, 0.2) is 0 Å². The second kappa shape index (κ2) is 8.71. The molecule has 134 valence electrons. The van der Waals surface area contributed by atoms with Crippen LogP contribution in [0.25, 0.3) is 0 Å².